The molecule has 0 atom stereocenters. The van der Waals surface area contributed by atoms with Gasteiger partial charge in [0.2, 0.25) is 0 Å². The average molecular weight is 206 g/mol. The van der Waals surface area contributed by atoms with Crippen molar-refractivity contribution < 1.29 is 34.4 Å². The summed E-state index contributed by atoms with van der Waals surface area (Å²) in [6, 6.07) is 0. The lowest BCUT2D eigenvalue weighted by Gasteiger charge is -2.00. The van der Waals surface area contributed by atoms with Crippen LogP contribution in [0, 0.1) is 0 Å². The van der Waals surface area contributed by atoms with E-state index in [4.69, 9.17) is 0 Å². The highest BCUT2D eigenvalue weighted by Gasteiger charge is 2.07. The summed E-state index contributed by atoms with van der Waals surface area (Å²) in [6.07, 6.45) is 1.50. The van der Waals surface area contributed by atoms with Crippen LogP contribution in [0.2, 0.25) is 0 Å². The zero-order chi connectivity index (χ0) is 10.6. The van der Waals surface area contributed by atoms with E-state index < -0.39 is 6.16 Å². The molecule has 0 fully saturated rings. The molecule has 0 N–H and O–H groups in total. The van der Waals surface area contributed by atoms with Crippen LogP contribution >= 0.6 is 0 Å². The van der Waals surface area contributed by atoms with E-state index in [0.29, 0.717) is 0 Å². The summed E-state index contributed by atoms with van der Waals surface area (Å²) in [4.78, 5) is 26.6. The van der Waals surface area contributed by atoms with Crippen molar-refractivity contribution in [1.82, 2.24) is 0 Å². The smallest absolute Gasteiger partial charge is 0.226 e. The molecule has 0 aromatic rings. The number of hydrogen-bond donors (Lipinski definition) is 0. The third-order valence-corrected chi connectivity index (χ3v) is 0.672. The van der Waals surface area contributed by atoms with Crippen LogP contribution in [0.25, 0.3) is 0 Å². The lowest BCUT2D eigenvalue weighted by Crippen LogP contribution is -2.09. The molecule has 0 unspecified atom stereocenters. The molecule has 0 aliphatic carbocycles. The van der Waals surface area contributed by atoms with Crippen molar-refractivity contribution in [3.8, 4) is 0 Å². The van der Waals surface area contributed by atoms with Crippen LogP contribution < -0.4 is 0 Å². The van der Waals surface area contributed by atoms with E-state index in [2.05, 4.69) is 42.8 Å². The van der Waals surface area contributed by atoms with E-state index in [-0.39, 0.29) is 13.2 Å². The van der Waals surface area contributed by atoms with Crippen molar-refractivity contribution in [2.75, 3.05) is 13.2 Å². The van der Waals surface area contributed by atoms with E-state index in [1.54, 1.807) is 0 Å². The molecule has 7 heteroatoms. The molecule has 0 amide bonds. The number of carbonyl (C=O) groups excluding carboxylic acids is 1. The summed E-state index contributed by atoms with van der Waals surface area (Å²) in [7, 11) is 0. The normalized spacial score (nSPS) is 9.14. The van der Waals surface area contributed by atoms with Crippen molar-refractivity contribution >= 4 is 6.16 Å². The Morgan fingerprint density at radius 1 is 1.00 bits per heavy atom. The van der Waals surface area contributed by atoms with Gasteiger partial charge in [0.15, 0.2) is 0 Å². The van der Waals surface area contributed by atoms with Crippen LogP contribution in [0.15, 0.2) is 25.3 Å². The predicted molar refractivity (Wildman–Crippen MR) is 42.0 cm³/mol. The maximum atomic E-state index is 10.5. The van der Waals surface area contributed by atoms with Crippen LogP contribution in [-0.4, -0.2) is 19.4 Å². The van der Waals surface area contributed by atoms with Crippen LogP contribution in [-0.2, 0) is 29.6 Å². The van der Waals surface area contributed by atoms with E-state index >= 15 is 0 Å². The second kappa shape index (κ2) is 9.68. The molecule has 7 nitrogen and oxygen atoms in total. The van der Waals surface area contributed by atoms with Gasteiger partial charge in [-0.25, -0.2) is 9.78 Å². The van der Waals surface area contributed by atoms with E-state index in [1.807, 2.05) is 0 Å². The standard InChI is InChI=1S/C7H10O7/c1-3-5-9-13-11-7(8)12-14-10-6-4-2/h3-4H,1-2,5-6H2. The Kier molecular flexibility index (Phi) is 8.70. The molecule has 0 heterocycles. The highest BCUT2D eigenvalue weighted by atomic mass is 17.6. The molecule has 0 aliphatic rings. The van der Waals surface area contributed by atoms with Gasteiger partial charge in [-0.05, 0) is 10.1 Å². The Morgan fingerprint density at radius 3 is 1.79 bits per heavy atom. The monoisotopic (exact) mass is 206 g/mol. The van der Waals surface area contributed by atoms with Gasteiger partial charge in [-0.15, -0.1) is 13.2 Å². The third-order valence-electron chi connectivity index (χ3n) is 0.672. The Hall–Kier alpha value is -1.41. The fraction of sp³-hybridized carbons (Fsp3) is 0.286. The summed E-state index contributed by atoms with van der Waals surface area (Å²) in [5.74, 6) is 0. The van der Waals surface area contributed by atoms with Crippen LogP contribution in [0.3, 0.4) is 0 Å². The second-order valence-corrected chi connectivity index (χ2v) is 1.70. The SMILES string of the molecule is C=CCOOOC(=O)OOOCC=C. The zero-order valence-electron chi connectivity index (χ0n) is 7.34. The van der Waals surface area contributed by atoms with Crippen molar-refractivity contribution in [2.45, 2.75) is 0 Å². The average Bonchev–Trinajstić information content (AvgIpc) is 2.19. The van der Waals surface area contributed by atoms with E-state index in [0.717, 1.165) is 0 Å². The Labute approximate surface area is 80.1 Å². The first kappa shape index (κ1) is 12.6. The van der Waals surface area contributed by atoms with Crippen LogP contribution in [0.1, 0.15) is 0 Å². The molecule has 0 aliphatic heterocycles. The summed E-state index contributed by atoms with van der Waals surface area (Å²) < 4.78 is 0. The van der Waals surface area contributed by atoms with Gasteiger partial charge in [0, 0.05) is 0 Å². The van der Waals surface area contributed by atoms with Gasteiger partial charge >= 0.3 is 6.16 Å². The molecule has 0 radical (unpaired) electrons. The minimum absolute atomic E-state index is 0.0566. The van der Waals surface area contributed by atoms with Gasteiger partial charge in [0.1, 0.15) is 13.2 Å². The molecule has 0 saturated carbocycles. The Balaban J connectivity index is 3.19. The summed E-state index contributed by atoms with van der Waals surface area (Å²) in [5.41, 5.74) is 0. The van der Waals surface area contributed by atoms with Gasteiger partial charge in [0.05, 0.1) is 0 Å². The quantitative estimate of drug-likeness (QED) is 0.256. The molecule has 0 rings (SSSR count). The molecule has 0 aromatic heterocycles. The Bertz CT molecular complexity index is 161. The fourth-order valence-corrected chi connectivity index (χ4v) is 0.269. The first-order valence-electron chi connectivity index (χ1n) is 3.49. The first-order chi connectivity index (χ1) is 6.81. The van der Waals surface area contributed by atoms with E-state index in [9.17, 15) is 4.79 Å². The zero-order valence-corrected chi connectivity index (χ0v) is 7.34. The van der Waals surface area contributed by atoms with Crippen molar-refractivity contribution in [1.29, 1.82) is 0 Å². The first-order valence-corrected chi connectivity index (χ1v) is 3.49. The molecular formula is C7H10O7. The van der Waals surface area contributed by atoms with Gasteiger partial charge in [-0.2, -0.15) is 14.6 Å². The largest absolute Gasteiger partial charge is 0.577 e. The maximum absolute atomic E-state index is 10.5. The minimum atomic E-state index is -1.28. The molecule has 14 heavy (non-hydrogen) atoms. The molecule has 0 bridgehead atoms. The van der Waals surface area contributed by atoms with Crippen molar-refractivity contribution in [2.24, 2.45) is 0 Å². The van der Waals surface area contributed by atoms with Crippen molar-refractivity contribution in [3.63, 3.8) is 0 Å². The summed E-state index contributed by atoms with van der Waals surface area (Å²) in [6.45, 7) is 6.75. The number of rotatable bonds is 8. The van der Waals surface area contributed by atoms with Gasteiger partial charge in [0.25, 0.3) is 0 Å². The van der Waals surface area contributed by atoms with E-state index in [1.165, 1.54) is 12.2 Å². The topological polar surface area (TPSA) is 72.5 Å². The predicted octanol–water partition coefficient (Wildman–Crippen LogP) is 1.24. The van der Waals surface area contributed by atoms with Crippen LogP contribution in [0.5, 0.6) is 0 Å². The molecule has 0 saturated heterocycles. The fourth-order valence-electron chi connectivity index (χ4n) is 0.269. The van der Waals surface area contributed by atoms with Gasteiger partial charge in [-0.3, -0.25) is 0 Å². The molecule has 0 spiro atoms. The minimum Gasteiger partial charge on any atom is -0.226 e. The van der Waals surface area contributed by atoms with Gasteiger partial charge in [-0.1, -0.05) is 12.2 Å². The summed E-state index contributed by atoms with van der Waals surface area (Å²) in [5, 5.41) is 7.78. The maximum Gasteiger partial charge on any atom is 0.577 e. The highest BCUT2D eigenvalue weighted by molar-refractivity contribution is 5.57. The number of hydrogen-bond acceptors (Lipinski definition) is 7. The van der Waals surface area contributed by atoms with Crippen LogP contribution in [0.4, 0.5) is 4.79 Å². The molecular weight excluding hydrogens is 196 g/mol. The second-order valence-electron chi connectivity index (χ2n) is 1.70. The number of carbonyl (C=O) groups is 1. The highest BCUT2D eigenvalue weighted by Crippen LogP contribution is 1.90. The lowest BCUT2D eigenvalue weighted by atomic mass is 10.7. The summed E-state index contributed by atoms with van der Waals surface area (Å²) >= 11 is 0. The molecule has 0 aromatic carbocycles. The van der Waals surface area contributed by atoms with Crippen molar-refractivity contribution in [3.05, 3.63) is 25.3 Å². The molecule has 80 valence electrons. The Morgan fingerprint density at radius 2 is 1.43 bits per heavy atom. The van der Waals surface area contributed by atoms with Gasteiger partial charge < -0.3 is 0 Å². The third kappa shape index (κ3) is 8.68. The lowest BCUT2D eigenvalue weighted by molar-refractivity contribution is -0.524.